The van der Waals surface area contributed by atoms with Crippen LogP contribution in [0.15, 0.2) is 41.0 Å². The highest BCUT2D eigenvalue weighted by Gasteiger charge is 2.06. The van der Waals surface area contributed by atoms with Crippen LogP contribution in [0.3, 0.4) is 0 Å². The maximum absolute atomic E-state index is 13.1. The van der Waals surface area contributed by atoms with Gasteiger partial charge in [-0.25, -0.2) is 4.39 Å². The minimum atomic E-state index is -0.227. The molecule has 0 unspecified atom stereocenters. The van der Waals surface area contributed by atoms with Gasteiger partial charge in [0, 0.05) is 24.8 Å². The zero-order valence-corrected chi connectivity index (χ0v) is 10.6. The highest BCUT2D eigenvalue weighted by atomic mass is 19.1. The van der Waals surface area contributed by atoms with E-state index in [1.54, 1.807) is 12.3 Å². The van der Waals surface area contributed by atoms with Gasteiger partial charge >= 0.3 is 0 Å². The van der Waals surface area contributed by atoms with Crippen molar-refractivity contribution in [3.63, 3.8) is 0 Å². The summed E-state index contributed by atoms with van der Waals surface area (Å²) >= 11 is 0. The van der Waals surface area contributed by atoms with Gasteiger partial charge in [-0.05, 0) is 31.3 Å². The van der Waals surface area contributed by atoms with Crippen molar-refractivity contribution in [2.45, 2.75) is 13.1 Å². The zero-order valence-electron chi connectivity index (χ0n) is 10.6. The van der Waals surface area contributed by atoms with Crippen LogP contribution in [0.25, 0.3) is 0 Å². The summed E-state index contributed by atoms with van der Waals surface area (Å²) in [4.78, 5) is 1.95. The first-order chi connectivity index (χ1) is 8.69. The molecule has 0 saturated heterocycles. The number of hydrogen-bond donors (Lipinski definition) is 1. The molecule has 3 nitrogen and oxygen atoms in total. The number of nitrogens with zero attached hydrogens (tertiary/aromatic N) is 1. The molecule has 0 spiro atoms. The summed E-state index contributed by atoms with van der Waals surface area (Å²) in [5.74, 6) is 0.640. The predicted octanol–water partition coefficient (Wildman–Crippen LogP) is 2.77. The number of rotatable bonds is 5. The van der Waals surface area contributed by atoms with Gasteiger partial charge in [0.1, 0.15) is 11.6 Å². The van der Waals surface area contributed by atoms with Crippen molar-refractivity contribution in [1.82, 2.24) is 5.32 Å². The molecule has 2 aromatic rings. The van der Waals surface area contributed by atoms with Crippen molar-refractivity contribution in [3.8, 4) is 0 Å². The van der Waals surface area contributed by atoms with E-state index in [-0.39, 0.29) is 5.82 Å². The Balaban J connectivity index is 2.04. The molecule has 1 N–H and O–H groups in total. The Morgan fingerprint density at radius 2 is 2.17 bits per heavy atom. The third-order valence-corrected chi connectivity index (χ3v) is 2.73. The van der Waals surface area contributed by atoms with Gasteiger partial charge in [-0.1, -0.05) is 6.07 Å². The first-order valence-corrected chi connectivity index (χ1v) is 5.86. The molecule has 0 aliphatic carbocycles. The SMILES string of the molecule is CNCc1coc(CN(C)c2cccc(F)c2)c1. The van der Waals surface area contributed by atoms with Gasteiger partial charge in [0.15, 0.2) is 0 Å². The van der Waals surface area contributed by atoms with E-state index in [1.165, 1.54) is 12.1 Å². The molecule has 0 aliphatic rings. The van der Waals surface area contributed by atoms with Crippen LogP contribution in [0.5, 0.6) is 0 Å². The van der Waals surface area contributed by atoms with Crippen LogP contribution in [-0.2, 0) is 13.1 Å². The lowest BCUT2D eigenvalue weighted by Gasteiger charge is -2.17. The maximum Gasteiger partial charge on any atom is 0.125 e. The molecule has 18 heavy (non-hydrogen) atoms. The summed E-state index contributed by atoms with van der Waals surface area (Å²) in [6.07, 6.45) is 1.74. The summed E-state index contributed by atoms with van der Waals surface area (Å²) in [6.45, 7) is 1.40. The predicted molar refractivity (Wildman–Crippen MR) is 70.0 cm³/mol. The van der Waals surface area contributed by atoms with Gasteiger partial charge in [0.2, 0.25) is 0 Å². The highest BCUT2D eigenvalue weighted by Crippen LogP contribution is 2.17. The lowest BCUT2D eigenvalue weighted by Crippen LogP contribution is -2.15. The van der Waals surface area contributed by atoms with Crippen molar-refractivity contribution < 1.29 is 8.81 Å². The molecule has 0 saturated carbocycles. The second kappa shape index (κ2) is 5.69. The van der Waals surface area contributed by atoms with Crippen LogP contribution in [0.1, 0.15) is 11.3 Å². The highest BCUT2D eigenvalue weighted by molar-refractivity contribution is 5.45. The smallest absolute Gasteiger partial charge is 0.125 e. The minimum Gasteiger partial charge on any atom is -0.467 e. The molecule has 0 amide bonds. The topological polar surface area (TPSA) is 28.4 Å². The van der Waals surface area contributed by atoms with Crippen LogP contribution in [0.2, 0.25) is 0 Å². The number of anilines is 1. The fourth-order valence-electron chi connectivity index (χ4n) is 1.84. The van der Waals surface area contributed by atoms with Crippen LogP contribution in [0, 0.1) is 5.82 Å². The molecule has 4 heteroatoms. The van der Waals surface area contributed by atoms with Crippen molar-refractivity contribution in [3.05, 3.63) is 53.7 Å². The third-order valence-electron chi connectivity index (χ3n) is 2.73. The number of furan rings is 1. The Morgan fingerprint density at radius 3 is 2.89 bits per heavy atom. The fraction of sp³-hybridized carbons (Fsp3) is 0.286. The van der Waals surface area contributed by atoms with Crippen molar-refractivity contribution in [2.24, 2.45) is 0 Å². The second-order valence-electron chi connectivity index (χ2n) is 4.29. The van der Waals surface area contributed by atoms with Crippen LogP contribution in [0.4, 0.5) is 10.1 Å². The Labute approximate surface area is 106 Å². The quantitative estimate of drug-likeness (QED) is 0.882. The van der Waals surface area contributed by atoms with Gasteiger partial charge in [-0.2, -0.15) is 0 Å². The zero-order chi connectivity index (χ0) is 13.0. The molecular formula is C14H17FN2O. The van der Waals surface area contributed by atoms with E-state index in [0.717, 1.165) is 23.6 Å². The molecule has 1 heterocycles. The molecule has 0 radical (unpaired) electrons. The van der Waals surface area contributed by atoms with E-state index in [4.69, 9.17) is 4.42 Å². The number of halogens is 1. The first kappa shape index (κ1) is 12.6. The monoisotopic (exact) mass is 248 g/mol. The number of nitrogens with one attached hydrogen (secondary N) is 1. The summed E-state index contributed by atoms with van der Waals surface area (Å²) in [7, 11) is 3.81. The molecule has 1 aromatic heterocycles. The van der Waals surface area contributed by atoms with E-state index in [1.807, 2.05) is 31.1 Å². The second-order valence-corrected chi connectivity index (χ2v) is 4.29. The standard InChI is InChI=1S/C14H17FN2O/c1-16-8-11-6-14(18-10-11)9-17(2)13-5-3-4-12(15)7-13/h3-7,10,16H,8-9H2,1-2H3. The van der Waals surface area contributed by atoms with Gasteiger partial charge in [0.05, 0.1) is 12.8 Å². The van der Waals surface area contributed by atoms with Crippen LogP contribution < -0.4 is 10.2 Å². The summed E-state index contributed by atoms with van der Waals surface area (Å²) in [6, 6.07) is 8.54. The minimum absolute atomic E-state index is 0.227. The molecule has 0 aliphatic heterocycles. The van der Waals surface area contributed by atoms with Gasteiger partial charge in [-0.15, -0.1) is 0 Å². The van der Waals surface area contributed by atoms with Gasteiger partial charge in [-0.3, -0.25) is 0 Å². The molecule has 96 valence electrons. The molecule has 2 rings (SSSR count). The Morgan fingerprint density at radius 1 is 1.33 bits per heavy atom. The van der Waals surface area contributed by atoms with E-state index in [2.05, 4.69) is 5.32 Å². The largest absolute Gasteiger partial charge is 0.467 e. The lowest BCUT2D eigenvalue weighted by atomic mass is 10.2. The van der Waals surface area contributed by atoms with E-state index < -0.39 is 0 Å². The summed E-state index contributed by atoms with van der Waals surface area (Å²) in [5, 5.41) is 3.07. The Hall–Kier alpha value is -1.81. The van der Waals surface area contributed by atoms with E-state index in [0.29, 0.717) is 6.54 Å². The molecule has 1 aromatic carbocycles. The Kier molecular flexibility index (Phi) is 3.99. The first-order valence-electron chi connectivity index (χ1n) is 5.86. The normalized spacial score (nSPS) is 10.6. The fourth-order valence-corrected chi connectivity index (χ4v) is 1.84. The van der Waals surface area contributed by atoms with Crippen LogP contribution in [-0.4, -0.2) is 14.1 Å². The van der Waals surface area contributed by atoms with Crippen molar-refractivity contribution in [2.75, 3.05) is 19.0 Å². The van der Waals surface area contributed by atoms with Crippen molar-refractivity contribution in [1.29, 1.82) is 0 Å². The van der Waals surface area contributed by atoms with E-state index >= 15 is 0 Å². The Bertz CT molecular complexity index is 510. The average molecular weight is 248 g/mol. The van der Waals surface area contributed by atoms with Crippen molar-refractivity contribution >= 4 is 5.69 Å². The summed E-state index contributed by atoms with van der Waals surface area (Å²) < 4.78 is 18.6. The number of hydrogen-bond acceptors (Lipinski definition) is 3. The average Bonchev–Trinajstić information content (AvgIpc) is 2.77. The molecule has 0 bridgehead atoms. The van der Waals surface area contributed by atoms with Gasteiger partial charge in [0.25, 0.3) is 0 Å². The molecule has 0 atom stereocenters. The number of benzene rings is 1. The van der Waals surface area contributed by atoms with Gasteiger partial charge < -0.3 is 14.6 Å². The molecular weight excluding hydrogens is 231 g/mol. The van der Waals surface area contributed by atoms with Crippen LogP contribution >= 0.6 is 0 Å². The third kappa shape index (κ3) is 3.11. The molecule has 0 fully saturated rings. The lowest BCUT2D eigenvalue weighted by molar-refractivity contribution is 0.505. The maximum atomic E-state index is 13.1. The van der Waals surface area contributed by atoms with E-state index in [9.17, 15) is 4.39 Å². The summed E-state index contributed by atoms with van der Waals surface area (Å²) in [5.41, 5.74) is 1.95.